The molecule has 17 heavy (non-hydrogen) atoms. The molecule has 2 N–H and O–H groups in total. The van der Waals surface area contributed by atoms with Crippen molar-refractivity contribution in [3.8, 4) is 0 Å². The van der Waals surface area contributed by atoms with Crippen molar-refractivity contribution in [2.45, 2.75) is 38.1 Å². The molecule has 2 unspecified atom stereocenters. The number of nitrogens with two attached hydrogens (primary N) is 1. The van der Waals surface area contributed by atoms with Gasteiger partial charge in [-0.05, 0) is 43.7 Å². The molecule has 0 radical (unpaired) electrons. The van der Waals surface area contributed by atoms with Gasteiger partial charge in [-0.3, -0.25) is 0 Å². The van der Waals surface area contributed by atoms with Crippen molar-refractivity contribution in [1.29, 1.82) is 0 Å². The first-order valence-corrected chi connectivity index (χ1v) is 6.96. The van der Waals surface area contributed by atoms with Crippen LogP contribution in [0.3, 0.4) is 0 Å². The maximum absolute atomic E-state index is 6.33. The van der Waals surface area contributed by atoms with Crippen LogP contribution in [-0.4, -0.2) is 12.6 Å². The lowest BCUT2D eigenvalue weighted by Gasteiger charge is -2.40. The zero-order valence-corrected chi connectivity index (χ0v) is 10.8. The van der Waals surface area contributed by atoms with Gasteiger partial charge in [0.15, 0.2) is 0 Å². The first kappa shape index (κ1) is 11.2. The predicted octanol–water partition coefficient (Wildman–Crippen LogP) is 3.69. The molecule has 3 heteroatoms. The molecule has 1 aromatic carbocycles. The third kappa shape index (κ3) is 1.89. The SMILES string of the molecule is Nc1cccc(Cl)c1N1CCCC2CCCC21. The van der Waals surface area contributed by atoms with Crippen molar-refractivity contribution in [3.05, 3.63) is 23.2 Å². The van der Waals surface area contributed by atoms with Gasteiger partial charge in [-0.1, -0.05) is 24.1 Å². The molecular weight excluding hydrogens is 232 g/mol. The van der Waals surface area contributed by atoms with Crippen LogP contribution < -0.4 is 10.6 Å². The van der Waals surface area contributed by atoms with Gasteiger partial charge in [0.05, 0.1) is 16.4 Å². The average Bonchev–Trinajstić information content (AvgIpc) is 2.77. The van der Waals surface area contributed by atoms with Gasteiger partial charge in [-0.25, -0.2) is 0 Å². The van der Waals surface area contributed by atoms with Crippen molar-refractivity contribution in [2.24, 2.45) is 5.92 Å². The van der Waals surface area contributed by atoms with Gasteiger partial charge in [0, 0.05) is 12.6 Å². The number of benzene rings is 1. The van der Waals surface area contributed by atoms with E-state index in [4.69, 9.17) is 17.3 Å². The normalized spacial score (nSPS) is 28.2. The molecule has 3 rings (SSSR count). The number of hydrogen-bond donors (Lipinski definition) is 1. The average molecular weight is 251 g/mol. The molecular formula is C14H19ClN2. The molecule has 2 nitrogen and oxygen atoms in total. The highest BCUT2D eigenvalue weighted by atomic mass is 35.5. The standard InChI is InChI=1S/C14H19ClN2/c15-11-6-2-7-12(16)14(11)17-9-3-5-10-4-1-8-13(10)17/h2,6-7,10,13H,1,3-5,8-9,16H2. The second-order valence-electron chi connectivity index (χ2n) is 5.27. The number of halogens is 1. The van der Waals surface area contributed by atoms with Crippen molar-refractivity contribution in [3.63, 3.8) is 0 Å². The molecule has 2 fully saturated rings. The first-order valence-electron chi connectivity index (χ1n) is 6.58. The Morgan fingerprint density at radius 2 is 2.00 bits per heavy atom. The Labute approximate surface area is 108 Å². The summed E-state index contributed by atoms with van der Waals surface area (Å²) in [4.78, 5) is 2.47. The molecule has 1 heterocycles. The molecule has 2 aliphatic rings. The Balaban J connectivity index is 1.97. The third-order valence-electron chi connectivity index (χ3n) is 4.30. The molecule has 0 amide bonds. The molecule has 1 saturated carbocycles. The highest BCUT2D eigenvalue weighted by Crippen LogP contribution is 2.43. The van der Waals surface area contributed by atoms with E-state index in [-0.39, 0.29) is 0 Å². The fourth-order valence-electron chi connectivity index (χ4n) is 3.57. The second kappa shape index (κ2) is 4.41. The minimum Gasteiger partial charge on any atom is -0.397 e. The number of hydrogen-bond acceptors (Lipinski definition) is 2. The summed E-state index contributed by atoms with van der Waals surface area (Å²) in [5, 5.41) is 0.803. The third-order valence-corrected chi connectivity index (χ3v) is 4.60. The highest BCUT2D eigenvalue weighted by Gasteiger charge is 2.36. The number of piperidine rings is 1. The number of nitrogens with zero attached hydrogens (tertiary/aromatic N) is 1. The van der Waals surface area contributed by atoms with E-state index in [0.717, 1.165) is 28.9 Å². The van der Waals surface area contributed by atoms with Gasteiger partial charge in [0.25, 0.3) is 0 Å². The maximum Gasteiger partial charge on any atom is 0.0791 e. The molecule has 2 atom stereocenters. The van der Waals surface area contributed by atoms with Crippen molar-refractivity contribution in [1.82, 2.24) is 0 Å². The largest absolute Gasteiger partial charge is 0.397 e. The van der Waals surface area contributed by atoms with E-state index in [9.17, 15) is 0 Å². The summed E-state index contributed by atoms with van der Waals surface area (Å²) >= 11 is 6.33. The molecule has 92 valence electrons. The molecule has 1 aliphatic heterocycles. The summed E-state index contributed by atoms with van der Waals surface area (Å²) in [6.07, 6.45) is 6.69. The minimum atomic E-state index is 0.672. The van der Waals surface area contributed by atoms with E-state index in [1.54, 1.807) is 0 Å². The van der Waals surface area contributed by atoms with E-state index in [1.165, 1.54) is 32.1 Å². The number of anilines is 2. The molecule has 1 aromatic rings. The highest BCUT2D eigenvalue weighted by molar-refractivity contribution is 6.34. The van der Waals surface area contributed by atoms with E-state index >= 15 is 0 Å². The van der Waals surface area contributed by atoms with E-state index in [0.29, 0.717) is 6.04 Å². The lowest BCUT2D eigenvalue weighted by Crippen LogP contribution is -2.43. The number of para-hydroxylation sites is 1. The Kier molecular flexibility index (Phi) is 2.91. The van der Waals surface area contributed by atoms with Crippen LogP contribution in [0.15, 0.2) is 18.2 Å². The Bertz CT molecular complexity index is 398. The van der Waals surface area contributed by atoms with Crippen LogP contribution in [0.2, 0.25) is 5.02 Å². The summed E-state index contributed by atoms with van der Waals surface area (Å²) in [5.41, 5.74) is 8.01. The van der Waals surface area contributed by atoms with E-state index in [2.05, 4.69) is 4.90 Å². The minimum absolute atomic E-state index is 0.672. The molecule has 1 saturated heterocycles. The van der Waals surface area contributed by atoms with Crippen LogP contribution in [-0.2, 0) is 0 Å². The number of nitrogen functional groups attached to an aromatic ring is 1. The monoisotopic (exact) mass is 250 g/mol. The fourth-order valence-corrected chi connectivity index (χ4v) is 3.86. The number of rotatable bonds is 1. The van der Waals surface area contributed by atoms with Crippen LogP contribution in [0.25, 0.3) is 0 Å². The van der Waals surface area contributed by atoms with Crippen LogP contribution in [0.4, 0.5) is 11.4 Å². The van der Waals surface area contributed by atoms with Gasteiger partial charge < -0.3 is 10.6 Å². The summed E-state index contributed by atoms with van der Waals surface area (Å²) < 4.78 is 0. The lowest BCUT2D eigenvalue weighted by atomic mass is 9.91. The van der Waals surface area contributed by atoms with Gasteiger partial charge in [-0.2, -0.15) is 0 Å². The van der Waals surface area contributed by atoms with E-state index in [1.807, 2.05) is 18.2 Å². The molecule has 0 aromatic heterocycles. The summed E-state index contributed by atoms with van der Waals surface area (Å²) in [6, 6.07) is 6.51. The zero-order valence-electron chi connectivity index (χ0n) is 10.0. The molecule has 0 bridgehead atoms. The van der Waals surface area contributed by atoms with E-state index < -0.39 is 0 Å². The molecule has 0 spiro atoms. The second-order valence-corrected chi connectivity index (χ2v) is 5.68. The van der Waals surface area contributed by atoms with Crippen LogP contribution in [0, 0.1) is 5.92 Å². The predicted molar refractivity (Wildman–Crippen MR) is 73.6 cm³/mol. The van der Waals surface area contributed by atoms with Gasteiger partial charge >= 0.3 is 0 Å². The Morgan fingerprint density at radius 3 is 2.82 bits per heavy atom. The lowest BCUT2D eigenvalue weighted by molar-refractivity contribution is 0.363. The molecule has 1 aliphatic carbocycles. The quantitative estimate of drug-likeness (QED) is 0.771. The maximum atomic E-state index is 6.33. The summed E-state index contributed by atoms with van der Waals surface area (Å²) in [5.74, 6) is 0.861. The van der Waals surface area contributed by atoms with Gasteiger partial charge in [-0.15, -0.1) is 0 Å². The summed E-state index contributed by atoms with van der Waals surface area (Å²) in [6.45, 7) is 1.11. The van der Waals surface area contributed by atoms with Crippen molar-refractivity contribution < 1.29 is 0 Å². The summed E-state index contributed by atoms with van der Waals surface area (Å²) in [7, 11) is 0. The van der Waals surface area contributed by atoms with Crippen LogP contribution in [0.1, 0.15) is 32.1 Å². The first-order chi connectivity index (χ1) is 8.27. The van der Waals surface area contributed by atoms with Crippen LogP contribution in [0.5, 0.6) is 0 Å². The van der Waals surface area contributed by atoms with Crippen LogP contribution >= 0.6 is 11.6 Å². The van der Waals surface area contributed by atoms with Gasteiger partial charge in [0.1, 0.15) is 0 Å². The van der Waals surface area contributed by atoms with Crippen molar-refractivity contribution in [2.75, 3.05) is 17.2 Å². The smallest absolute Gasteiger partial charge is 0.0791 e. The Morgan fingerprint density at radius 1 is 1.18 bits per heavy atom. The van der Waals surface area contributed by atoms with Crippen molar-refractivity contribution >= 4 is 23.0 Å². The fraction of sp³-hybridized carbons (Fsp3) is 0.571. The topological polar surface area (TPSA) is 29.3 Å². The Hall–Kier alpha value is -0.890. The van der Waals surface area contributed by atoms with Gasteiger partial charge in [0.2, 0.25) is 0 Å². The zero-order chi connectivity index (χ0) is 11.8. The number of fused-ring (bicyclic) bond motifs is 1.